The molecule has 0 unspecified atom stereocenters. The highest BCUT2D eigenvalue weighted by atomic mass is 35.5. The average Bonchev–Trinajstić information content (AvgIpc) is 2.43. The van der Waals surface area contributed by atoms with Gasteiger partial charge in [0, 0.05) is 31.5 Å². The molecule has 5 heteroatoms. The predicted octanol–water partition coefficient (Wildman–Crippen LogP) is 3.01. The van der Waals surface area contributed by atoms with Gasteiger partial charge in [0.15, 0.2) is 0 Å². The molecule has 1 aromatic heterocycles. The first kappa shape index (κ1) is 15.9. The van der Waals surface area contributed by atoms with Gasteiger partial charge in [-0.15, -0.1) is 0 Å². The Morgan fingerprint density at radius 3 is 2.68 bits per heavy atom. The first-order valence-electron chi connectivity index (χ1n) is 6.55. The molecule has 1 aromatic rings. The van der Waals surface area contributed by atoms with E-state index in [4.69, 9.17) is 16.3 Å². The van der Waals surface area contributed by atoms with E-state index in [1.165, 1.54) is 0 Å². The van der Waals surface area contributed by atoms with E-state index >= 15 is 0 Å². The topological polar surface area (TPSA) is 42.4 Å². The van der Waals surface area contributed by atoms with Crippen molar-refractivity contribution in [2.45, 2.75) is 32.7 Å². The number of hydrogen-bond acceptors (Lipinski definition) is 3. The van der Waals surface area contributed by atoms with Gasteiger partial charge in [0.1, 0.15) is 5.15 Å². The quantitative estimate of drug-likeness (QED) is 0.723. The highest BCUT2D eigenvalue weighted by Crippen LogP contribution is 2.15. The largest absolute Gasteiger partial charge is 0.383 e. The van der Waals surface area contributed by atoms with Crippen LogP contribution in [0, 0.1) is 0 Å². The minimum Gasteiger partial charge on any atom is -0.383 e. The van der Waals surface area contributed by atoms with Crippen molar-refractivity contribution in [2.24, 2.45) is 0 Å². The summed E-state index contributed by atoms with van der Waals surface area (Å²) in [5.74, 6) is -0.0185. The monoisotopic (exact) mass is 284 g/mol. The van der Waals surface area contributed by atoms with Crippen LogP contribution in [0.2, 0.25) is 5.15 Å². The first-order chi connectivity index (χ1) is 9.13. The lowest BCUT2D eigenvalue weighted by atomic mass is 10.1. The number of aromatic nitrogens is 1. The van der Waals surface area contributed by atoms with Crippen molar-refractivity contribution in [3.8, 4) is 0 Å². The normalized spacial score (nSPS) is 10.8. The fraction of sp³-hybridized carbons (Fsp3) is 0.571. The highest BCUT2D eigenvalue weighted by molar-refractivity contribution is 6.29. The number of hydrogen-bond donors (Lipinski definition) is 0. The standard InChI is InChI=1S/C14H21ClN2O2/c1-4-12(5-2)17(8-9-19-3)14(18)11-6-7-16-13(15)10-11/h6-7,10,12H,4-5,8-9H2,1-3H3. The van der Waals surface area contributed by atoms with Crippen molar-refractivity contribution < 1.29 is 9.53 Å². The Morgan fingerprint density at radius 1 is 1.47 bits per heavy atom. The van der Waals surface area contributed by atoms with Gasteiger partial charge in [-0.3, -0.25) is 4.79 Å². The van der Waals surface area contributed by atoms with Gasteiger partial charge in [0.2, 0.25) is 0 Å². The van der Waals surface area contributed by atoms with Crippen LogP contribution < -0.4 is 0 Å². The zero-order valence-corrected chi connectivity index (χ0v) is 12.5. The Labute approximate surface area is 119 Å². The van der Waals surface area contributed by atoms with Gasteiger partial charge in [0.05, 0.1) is 6.61 Å². The molecule has 0 N–H and O–H groups in total. The Bertz CT molecular complexity index is 408. The Hall–Kier alpha value is -1.13. The SMILES string of the molecule is CCC(CC)N(CCOC)C(=O)c1ccnc(Cl)c1. The molecule has 0 aliphatic rings. The van der Waals surface area contributed by atoms with Gasteiger partial charge >= 0.3 is 0 Å². The van der Waals surface area contributed by atoms with Crippen molar-refractivity contribution >= 4 is 17.5 Å². The summed E-state index contributed by atoms with van der Waals surface area (Å²) in [6.07, 6.45) is 3.40. The molecule has 0 bridgehead atoms. The highest BCUT2D eigenvalue weighted by Gasteiger charge is 2.22. The molecule has 0 saturated heterocycles. The van der Waals surface area contributed by atoms with Crippen molar-refractivity contribution in [3.63, 3.8) is 0 Å². The summed E-state index contributed by atoms with van der Waals surface area (Å²) in [5.41, 5.74) is 0.572. The molecular formula is C14H21ClN2O2. The van der Waals surface area contributed by atoms with E-state index in [1.807, 2.05) is 4.90 Å². The third-order valence-electron chi connectivity index (χ3n) is 3.15. The molecule has 0 aliphatic heterocycles. The second-order valence-electron chi connectivity index (χ2n) is 4.33. The molecule has 4 nitrogen and oxygen atoms in total. The van der Waals surface area contributed by atoms with Gasteiger partial charge in [-0.1, -0.05) is 25.4 Å². The number of methoxy groups -OCH3 is 1. The molecule has 1 amide bonds. The lowest BCUT2D eigenvalue weighted by Gasteiger charge is -2.30. The van der Waals surface area contributed by atoms with Crippen LogP contribution in [0.25, 0.3) is 0 Å². The molecule has 1 heterocycles. The number of carbonyl (C=O) groups excluding carboxylic acids is 1. The fourth-order valence-corrected chi connectivity index (χ4v) is 2.24. The predicted molar refractivity (Wildman–Crippen MR) is 76.5 cm³/mol. The number of ether oxygens (including phenoxy) is 1. The van der Waals surface area contributed by atoms with Gasteiger partial charge in [0.25, 0.3) is 5.91 Å². The van der Waals surface area contributed by atoms with Crippen LogP contribution in [0.1, 0.15) is 37.0 Å². The first-order valence-corrected chi connectivity index (χ1v) is 6.93. The molecule has 106 valence electrons. The number of nitrogens with zero attached hydrogens (tertiary/aromatic N) is 2. The molecule has 19 heavy (non-hydrogen) atoms. The summed E-state index contributed by atoms with van der Waals surface area (Å²) in [4.78, 5) is 18.3. The summed E-state index contributed by atoms with van der Waals surface area (Å²) in [5, 5.41) is 0.335. The minimum atomic E-state index is -0.0185. The van der Waals surface area contributed by atoms with Crippen LogP contribution in [0.5, 0.6) is 0 Å². The van der Waals surface area contributed by atoms with Crippen LogP contribution in [0.3, 0.4) is 0 Å². The van der Waals surface area contributed by atoms with Crippen molar-refractivity contribution in [1.29, 1.82) is 0 Å². The summed E-state index contributed by atoms with van der Waals surface area (Å²) in [6.45, 7) is 5.28. The van der Waals surface area contributed by atoms with Crippen molar-refractivity contribution in [3.05, 3.63) is 29.0 Å². The summed E-state index contributed by atoms with van der Waals surface area (Å²) in [7, 11) is 1.64. The van der Waals surface area contributed by atoms with E-state index in [-0.39, 0.29) is 11.9 Å². The lowest BCUT2D eigenvalue weighted by Crippen LogP contribution is -2.41. The Morgan fingerprint density at radius 2 is 2.16 bits per heavy atom. The van der Waals surface area contributed by atoms with Gasteiger partial charge < -0.3 is 9.64 Å². The van der Waals surface area contributed by atoms with E-state index < -0.39 is 0 Å². The average molecular weight is 285 g/mol. The van der Waals surface area contributed by atoms with Crippen LogP contribution in [0.15, 0.2) is 18.3 Å². The summed E-state index contributed by atoms with van der Waals surface area (Å²) < 4.78 is 5.09. The van der Waals surface area contributed by atoms with Gasteiger partial charge in [-0.2, -0.15) is 0 Å². The fourth-order valence-electron chi connectivity index (χ4n) is 2.07. The number of rotatable bonds is 7. The summed E-state index contributed by atoms with van der Waals surface area (Å²) in [6, 6.07) is 3.51. The zero-order chi connectivity index (χ0) is 14.3. The molecule has 0 saturated carbocycles. The third-order valence-corrected chi connectivity index (χ3v) is 3.36. The maximum absolute atomic E-state index is 12.5. The van der Waals surface area contributed by atoms with E-state index in [0.29, 0.717) is 23.9 Å². The van der Waals surface area contributed by atoms with E-state index in [9.17, 15) is 4.79 Å². The number of pyridine rings is 1. The van der Waals surface area contributed by atoms with E-state index in [2.05, 4.69) is 18.8 Å². The molecule has 0 radical (unpaired) electrons. The number of amides is 1. The number of carbonyl (C=O) groups is 1. The van der Waals surface area contributed by atoms with Crippen LogP contribution in [-0.2, 0) is 4.74 Å². The van der Waals surface area contributed by atoms with Crippen molar-refractivity contribution in [1.82, 2.24) is 9.88 Å². The molecule has 0 spiro atoms. The minimum absolute atomic E-state index is 0.0185. The van der Waals surface area contributed by atoms with Gasteiger partial charge in [-0.05, 0) is 25.0 Å². The maximum atomic E-state index is 12.5. The van der Waals surface area contributed by atoms with Crippen molar-refractivity contribution in [2.75, 3.05) is 20.3 Å². The smallest absolute Gasteiger partial charge is 0.254 e. The molecule has 0 aliphatic carbocycles. The Kier molecular flexibility index (Phi) is 6.81. The second-order valence-corrected chi connectivity index (χ2v) is 4.72. The zero-order valence-electron chi connectivity index (χ0n) is 11.7. The molecule has 0 atom stereocenters. The van der Waals surface area contributed by atoms with E-state index in [0.717, 1.165) is 12.8 Å². The molecule has 0 aromatic carbocycles. The maximum Gasteiger partial charge on any atom is 0.254 e. The lowest BCUT2D eigenvalue weighted by molar-refractivity contribution is 0.0589. The molecule has 0 fully saturated rings. The molecule has 1 rings (SSSR count). The number of halogens is 1. The summed E-state index contributed by atoms with van der Waals surface area (Å²) >= 11 is 5.84. The third kappa shape index (κ3) is 4.48. The Balaban J connectivity index is 2.92. The second kappa shape index (κ2) is 8.12. The van der Waals surface area contributed by atoms with Crippen LogP contribution >= 0.6 is 11.6 Å². The van der Waals surface area contributed by atoms with E-state index in [1.54, 1.807) is 25.4 Å². The van der Waals surface area contributed by atoms with Crippen LogP contribution in [0.4, 0.5) is 0 Å². The van der Waals surface area contributed by atoms with Gasteiger partial charge in [-0.25, -0.2) is 4.98 Å². The molecular weight excluding hydrogens is 264 g/mol. The van der Waals surface area contributed by atoms with Crippen LogP contribution in [-0.4, -0.2) is 42.1 Å².